The Morgan fingerprint density at radius 2 is 1.74 bits per heavy atom. The van der Waals surface area contributed by atoms with Gasteiger partial charge in [-0.25, -0.2) is 0 Å². The summed E-state index contributed by atoms with van der Waals surface area (Å²) >= 11 is 0. The molecule has 112 valence electrons. The Kier molecular flexibility index (Phi) is 8.92. The Balaban J connectivity index is 4.42. The van der Waals surface area contributed by atoms with Crippen LogP contribution in [0.4, 0.5) is 0 Å². The largest absolute Gasteiger partial charge is 0.314 e. The van der Waals surface area contributed by atoms with Crippen LogP contribution in [0.5, 0.6) is 0 Å². The van der Waals surface area contributed by atoms with E-state index in [1.807, 2.05) is 0 Å². The smallest absolute Gasteiger partial charge is 0.282 e. The van der Waals surface area contributed by atoms with E-state index in [0.29, 0.717) is 25.7 Å². The zero-order valence-electron chi connectivity index (χ0n) is 12.3. The molecule has 6 heteroatoms. The highest BCUT2D eigenvalue weighted by atomic mass is 32.2. The standard InChI is InChI=1S/C13H27N3O2S/c1-6-10-16(11-7-2)19(17,18)15(5)12-8-9-14-13(3)4/h6-7,13-14H,1-2,8-12H2,3-5H3. The highest BCUT2D eigenvalue weighted by Crippen LogP contribution is 2.07. The lowest BCUT2D eigenvalue weighted by Crippen LogP contribution is -2.43. The van der Waals surface area contributed by atoms with Gasteiger partial charge in [0.15, 0.2) is 0 Å². The Bertz CT molecular complexity index is 356. The van der Waals surface area contributed by atoms with Crippen molar-refractivity contribution in [3.63, 3.8) is 0 Å². The molecule has 0 saturated carbocycles. The molecule has 19 heavy (non-hydrogen) atoms. The van der Waals surface area contributed by atoms with Crippen LogP contribution in [0, 0.1) is 0 Å². The number of nitrogens with zero attached hydrogens (tertiary/aromatic N) is 2. The summed E-state index contributed by atoms with van der Waals surface area (Å²) in [5.74, 6) is 0. The molecule has 0 aliphatic heterocycles. The van der Waals surface area contributed by atoms with Gasteiger partial charge in [0.05, 0.1) is 0 Å². The van der Waals surface area contributed by atoms with Gasteiger partial charge in [0.25, 0.3) is 10.2 Å². The minimum atomic E-state index is -3.43. The lowest BCUT2D eigenvalue weighted by atomic mass is 10.3. The minimum absolute atomic E-state index is 0.295. The van der Waals surface area contributed by atoms with Gasteiger partial charge in [-0.1, -0.05) is 26.0 Å². The molecule has 0 aromatic heterocycles. The summed E-state index contributed by atoms with van der Waals surface area (Å²) in [7, 11) is -1.83. The SMILES string of the molecule is C=CCN(CC=C)S(=O)(=O)N(C)CCCNC(C)C. The van der Waals surface area contributed by atoms with Gasteiger partial charge < -0.3 is 5.32 Å². The van der Waals surface area contributed by atoms with Gasteiger partial charge in [0.1, 0.15) is 0 Å². The van der Waals surface area contributed by atoms with E-state index in [2.05, 4.69) is 32.3 Å². The molecule has 0 rings (SSSR count). The second-order valence-electron chi connectivity index (χ2n) is 4.69. The molecule has 0 atom stereocenters. The van der Waals surface area contributed by atoms with Gasteiger partial charge in [-0.05, 0) is 13.0 Å². The van der Waals surface area contributed by atoms with Crippen molar-refractivity contribution in [1.82, 2.24) is 13.9 Å². The molecule has 0 bridgehead atoms. The first-order valence-electron chi connectivity index (χ1n) is 6.52. The van der Waals surface area contributed by atoms with Gasteiger partial charge in [-0.15, -0.1) is 13.2 Å². The first-order valence-corrected chi connectivity index (χ1v) is 7.92. The normalized spacial score (nSPS) is 12.3. The van der Waals surface area contributed by atoms with Gasteiger partial charge >= 0.3 is 0 Å². The second-order valence-corrected chi connectivity index (χ2v) is 6.72. The van der Waals surface area contributed by atoms with Crippen LogP contribution in [0.3, 0.4) is 0 Å². The highest BCUT2D eigenvalue weighted by Gasteiger charge is 2.24. The van der Waals surface area contributed by atoms with Crippen LogP contribution in [0.2, 0.25) is 0 Å². The Morgan fingerprint density at radius 1 is 1.21 bits per heavy atom. The van der Waals surface area contributed by atoms with Crippen molar-refractivity contribution in [2.24, 2.45) is 0 Å². The number of hydrogen-bond donors (Lipinski definition) is 1. The molecule has 0 aromatic rings. The molecule has 0 fully saturated rings. The van der Waals surface area contributed by atoms with Crippen molar-refractivity contribution >= 4 is 10.2 Å². The molecule has 0 unspecified atom stereocenters. The topological polar surface area (TPSA) is 52.7 Å². The summed E-state index contributed by atoms with van der Waals surface area (Å²) in [6, 6.07) is 0.417. The maximum atomic E-state index is 12.3. The third-order valence-corrected chi connectivity index (χ3v) is 4.51. The fraction of sp³-hybridized carbons (Fsp3) is 0.692. The van der Waals surface area contributed by atoms with Crippen molar-refractivity contribution in [3.05, 3.63) is 25.3 Å². The van der Waals surface area contributed by atoms with Gasteiger partial charge in [0.2, 0.25) is 0 Å². The van der Waals surface area contributed by atoms with Crippen LogP contribution in [-0.4, -0.2) is 56.3 Å². The van der Waals surface area contributed by atoms with Crippen molar-refractivity contribution in [2.45, 2.75) is 26.3 Å². The monoisotopic (exact) mass is 289 g/mol. The predicted molar refractivity (Wildman–Crippen MR) is 81.3 cm³/mol. The molecule has 0 amide bonds. The summed E-state index contributed by atoms with van der Waals surface area (Å²) in [5.41, 5.74) is 0. The van der Waals surface area contributed by atoms with Crippen LogP contribution in [0.25, 0.3) is 0 Å². The second kappa shape index (κ2) is 9.25. The van der Waals surface area contributed by atoms with Crippen molar-refractivity contribution in [2.75, 3.05) is 33.2 Å². The minimum Gasteiger partial charge on any atom is -0.314 e. The number of nitrogens with one attached hydrogen (secondary N) is 1. The summed E-state index contributed by atoms with van der Waals surface area (Å²) in [4.78, 5) is 0. The third-order valence-electron chi connectivity index (χ3n) is 2.59. The number of rotatable bonds is 11. The van der Waals surface area contributed by atoms with Crippen molar-refractivity contribution < 1.29 is 8.42 Å². The summed E-state index contributed by atoms with van der Waals surface area (Å²) in [6.07, 6.45) is 3.94. The first kappa shape index (κ1) is 18.3. The zero-order chi connectivity index (χ0) is 14.9. The van der Waals surface area contributed by atoms with E-state index in [4.69, 9.17) is 0 Å². The first-order chi connectivity index (χ1) is 8.86. The van der Waals surface area contributed by atoms with Crippen molar-refractivity contribution in [3.8, 4) is 0 Å². The van der Waals surface area contributed by atoms with Crippen LogP contribution < -0.4 is 5.32 Å². The molecule has 5 nitrogen and oxygen atoms in total. The quantitative estimate of drug-likeness (QED) is 0.460. The molecular weight excluding hydrogens is 262 g/mol. The Morgan fingerprint density at radius 3 is 2.16 bits per heavy atom. The molecule has 0 radical (unpaired) electrons. The number of hydrogen-bond acceptors (Lipinski definition) is 3. The van der Waals surface area contributed by atoms with Gasteiger partial charge in [-0.3, -0.25) is 0 Å². The molecule has 0 spiro atoms. The lowest BCUT2D eigenvalue weighted by Gasteiger charge is -2.25. The van der Waals surface area contributed by atoms with E-state index in [-0.39, 0.29) is 0 Å². The van der Waals surface area contributed by atoms with E-state index in [0.717, 1.165) is 13.0 Å². The van der Waals surface area contributed by atoms with Crippen LogP contribution in [0.1, 0.15) is 20.3 Å². The molecule has 0 saturated heterocycles. The fourth-order valence-corrected chi connectivity index (χ4v) is 2.90. The molecule has 0 aliphatic rings. The maximum Gasteiger partial charge on any atom is 0.282 e. The zero-order valence-corrected chi connectivity index (χ0v) is 13.1. The Hall–Kier alpha value is -0.690. The highest BCUT2D eigenvalue weighted by molar-refractivity contribution is 7.86. The maximum absolute atomic E-state index is 12.3. The average Bonchev–Trinajstić information content (AvgIpc) is 2.33. The fourth-order valence-electron chi connectivity index (χ4n) is 1.56. The molecule has 1 N–H and O–H groups in total. The third kappa shape index (κ3) is 6.87. The predicted octanol–water partition coefficient (Wildman–Crippen LogP) is 1.23. The molecule has 0 heterocycles. The summed E-state index contributed by atoms with van der Waals surface area (Å²) < 4.78 is 27.3. The summed E-state index contributed by atoms with van der Waals surface area (Å²) in [5, 5.41) is 3.26. The lowest BCUT2D eigenvalue weighted by molar-refractivity contribution is 0.386. The van der Waals surface area contributed by atoms with E-state index in [1.54, 1.807) is 19.2 Å². The van der Waals surface area contributed by atoms with Gasteiger partial charge in [0, 0.05) is 32.7 Å². The van der Waals surface area contributed by atoms with Crippen LogP contribution >= 0.6 is 0 Å². The van der Waals surface area contributed by atoms with E-state index >= 15 is 0 Å². The molecule has 0 aromatic carbocycles. The molecule has 0 aliphatic carbocycles. The Labute approximate surface area is 118 Å². The average molecular weight is 289 g/mol. The van der Waals surface area contributed by atoms with Gasteiger partial charge in [-0.2, -0.15) is 17.0 Å². The van der Waals surface area contributed by atoms with Crippen LogP contribution in [0.15, 0.2) is 25.3 Å². The van der Waals surface area contributed by atoms with E-state index in [9.17, 15) is 8.42 Å². The molecular formula is C13H27N3O2S. The van der Waals surface area contributed by atoms with Crippen molar-refractivity contribution in [1.29, 1.82) is 0 Å². The van der Waals surface area contributed by atoms with E-state index in [1.165, 1.54) is 8.61 Å². The summed E-state index contributed by atoms with van der Waals surface area (Å²) in [6.45, 7) is 13.2. The van der Waals surface area contributed by atoms with E-state index < -0.39 is 10.2 Å². The van der Waals surface area contributed by atoms with Crippen LogP contribution in [-0.2, 0) is 10.2 Å².